The molecule has 2 N–H and O–H groups in total. The second-order valence-electron chi connectivity index (χ2n) is 7.03. The quantitative estimate of drug-likeness (QED) is 0.289. The van der Waals surface area contributed by atoms with Crippen molar-refractivity contribution in [3.63, 3.8) is 0 Å². The zero-order chi connectivity index (χ0) is 22.4. The molecule has 7 nitrogen and oxygen atoms in total. The Balaban J connectivity index is 0.00000363. The monoisotopic (exact) mass is 566 g/mol. The number of alkyl halides is 2. The van der Waals surface area contributed by atoms with Gasteiger partial charge in [-0.25, -0.2) is 4.39 Å². The van der Waals surface area contributed by atoms with Gasteiger partial charge in [0.1, 0.15) is 11.6 Å². The third kappa shape index (κ3) is 6.79. The molecule has 0 fully saturated rings. The van der Waals surface area contributed by atoms with Crippen molar-refractivity contribution in [3.05, 3.63) is 53.3 Å². The Bertz CT molecular complexity index is 914. The average Bonchev–Trinajstić information content (AvgIpc) is 3.18. The second-order valence-corrected chi connectivity index (χ2v) is 7.03. The van der Waals surface area contributed by atoms with Crippen molar-refractivity contribution in [2.45, 2.75) is 19.2 Å². The number of hydrogen-bond acceptors (Lipinski definition) is 5. The lowest BCUT2D eigenvalue weighted by molar-refractivity contribution is -0.0505. The Morgan fingerprint density at radius 3 is 2.38 bits per heavy atom. The molecule has 0 saturated heterocycles. The fourth-order valence-electron chi connectivity index (χ4n) is 3.19. The first-order valence-corrected chi connectivity index (χ1v) is 9.61. The van der Waals surface area contributed by atoms with Crippen LogP contribution in [-0.2, 0) is 6.54 Å². The Hall–Kier alpha value is -2.41. The maximum atomic E-state index is 13.2. The van der Waals surface area contributed by atoms with Gasteiger partial charge in [0.2, 0.25) is 6.79 Å². The lowest BCUT2D eigenvalue weighted by Crippen LogP contribution is -2.41. The van der Waals surface area contributed by atoms with E-state index in [-0.39, 0.29) is 54.9 Å². The first-order valence-electron chi connectivity index (χ1n) is 9.61. The number of nitrogens with zero attached hydrogens (tertiary/aromatic N) is 2. The zero-order valence-electron chi connectivity index (χ0n) is 17.9. The molecule has 32 heavy (non-hydrogen) atoms. The van der Waals surface area contributed by atoms with Gasteiger partial charge in [-0.2, -0.15) is 8.78 Å². The number of aliphatic imine (C=N–C) groups is 1. The highest BCUT2D eigenvalue weighted by Gasteiger charge is 2.20. The average molecular weight is 566 g/mol. The van der Waals surface area contributed by atoms with E-state index in [1.807, 2.05) is 19.0 Å². The van der Waals surface area contributed by atoms with Crippen molar-refractivity contribution in [3.8, 4) is 17.2 Å². The Labute approximate surface area is 202 Å². The van der Waals surface area contributed by atoms with Crippen molar-refractivity contribution >= 4 is 29.9 Å². The molecule has 1 unspecified atom stereocenters. The largest absolute Gasteiger partial charge is 0.454 e. The highest BCUT2D eigenvalue weighted by atomic mass is 127. The molecular formula is C21H26F3IN4O3. The van der Waals surface area contributed by atoms with Crippen LogP contribution in [0.5, 0.6) is 17.2 Å². The van der Waals surface area contributed by atoms with Gasteiger partial charge >= 0.3 is 6.61 Å². The third-order valence-corrected chi connectivity index (χ3v) is 4.78. The minimum absolute atomic E-state index is 0. The molecule has 3 rings (SSSR count). The lowest BCUT2D eigenvalue weighted by Gasteiger charge is -2.26. The van der Waals surface area contributed by atoms with Crippen LogP contribution in [0.15, 0.2) is 41.4 Å². The van der Waals surface area contributed by atoms with Gasteiger partial charge < -0.3 is 29.7 Å². The molecule has 1 atom stereocenters. The number of hydrogen-bond donors (Lipinski definition) is 2. The molecule has 0 saturated carbocycles. The number of fused-ring (bicyclic) bond motifs is 1. The number of nitrogens with one attached hydrogen (secondary N) is 2. The summed E-state index contributed by atoms with van der Waals surface area (Å²) >= 11 is 0. The van der Waals surface area contributed by atoms with E-state index < -0.39 is 6.61 Å². The van der Waals surface area contributed by atoms with Crippen LogP contribution in [0.3, 0.4) is 0 Å². The summed E-state index contributed by atoms with van der Waals surface area (Å²) in [5.74, 6) is 0.993. The molecule has 0 spiro atoms. The number of ether oxygens (including phenoxy) is 3. The SMILES string of the molecule is CN=C(NCc1cc2c(cc1OC(F)F)OCO2)NCC(c1ccc(F)cc1)N(C)C.I. The van der Waals surface area contributed by atoms with E-state index >= 15 is 0 Å². The molecule has 0 amide bonds. The summed E-state index contributed by atoms with van der Waals surface area (Å²) in [7, 11) is 5.45. The van der Waals surface area contributed by atoms with Crippen LogP contribution in [0.2, 0.25) is 0 Å². The van der Waals surface area contributed by atoms with Crippen molar-refractivity contribution in [2.24, 2.45) is 4.99 Å². The zero-order valence-corrected chi connectivity index (χ0v) is 20.2. The predicted octanol–water partition coefficient (Wildman–Crippen LogP) is 3.74. The third-order valence-electron chi connectivity index (χ3n) is 4.78. The molecule has 2 aromatic rings. The smallest absolute Gasteiger partial charge is 0.387 e. The number of benzene rings is 2. The van der Waals surface area contributed by atoms with E-state index in [0.29, 0.717) is 29.6 Å². The van der Waals surface area contributed by atoms with Gasteiger partial charge in [-0.3, -0.25) is 4.99 Å². The van der Waals surface area contributed by atoms with E-state index in [9.17, 15) is 13.2 Å². The molecule has 1 aliphatic heterocycles. The van der Waals surface area contributed by atoms with Gasteiger partial charge in [0.15, 0.2) is 17.5 Å². The van der Waals surface area contributed by atoms with Gasteiger partial charge in [-0.05, 0) is 37.9 Å². The first kappa shape index (κ1) is 25.8. The molecule has 0 radical (unpaired) electrons. The standard InChI is InChI=1S/C21H25F3N4O3.HI/c1-25-21(27-11-16(28(2)3)13-4-6-15(22)7-5-13)26-10-14-8-18-19(30-12-29-18)9-17(14)31-20(23)24;/h4-9,16,20H,10-12H2,1-3H3,(H2,25,26,27);1H. The summed E-state index contributed by atoms with van der Waals surface area (Å²) in [5.41, 5.74) is 1.41. The minimum Gasteiger partial charge on any atom is -0.454 e. The van der Waals surface area contributed by atoms with Gasteiger partial charge in [-0.15, -0.1) is 24.0 Å². The van der Waals surface area contributed by atoms with E-state index in [0.717, 1.165) is 5.56 Å². The van der Waals surface area contributed by atoms with Crippen LogP contribution in [0, 0.1) is 5.82 Å². The molecule has 1 aliphatic rings. The summed E-state index contributed by atoms with van der Waals surface area (Å²) in [4.78, 5) is 6.18. The minimum atomic E-state index is -2.96. The topological polar surface area (TPSA) is 67.4 Å². The normalized spacial score (nSPS) is 13.7. The summed E-state index contributed by atoms with van der Waals surface area (Å²) in [5, 5.41) is 6.29. The molecular weight excluding hydrogens is 540 g/mol. The van der Waals surface area contributed by atoms with Crippen molar-refractivity contribution in [2.75, 3.05) is 34.5 Å². The van der Waals surface area contributed by atoms with Crippen LogP contribution in [0.25, 0.3) is 0 Å². The van der Waals surface area contributed by atoms with Gasteiger partial charge in [0.25, 0.3) is 0 Å². The van der Waals surface area contributed by atoms with Crippen LogP contribution in [0.1, 0.15) is 17.2 Å². The molecule has 0 bridgehead atoms. The molecule has 1 heterocycles. The first-order chi connectivity index (χ1) is 14.9. The summed E-state index contributed by atoms with van der Waals surface area (Å²) in [6, 6.07) is 9.26. The van der Waals surface area contributed by atoms with Crippen molar-refractivity contribution in [1.29, 1.82) is 0 Å². The molecule has 0 aromatic heterocycles. The highest BCUT2D eigenvalue weighted by Crippen LogP contribution is 2.38. The molecule has 0 aliphatic carbocycles. The number of rotatable bonds is 8. The number of likely N-dealkylation sites (N-methyl/N-ethyl adjacent to an activating group) is 1. The molecule has 176 valence electrons. The predicted molar refractivity (Wildman–Crippen MR) is 126 cm³/mol. The Kier molecular flexibility index (Phi) is 9.69. The van der Waals surface area contributed by atoms with E-state index in [2.05, 4.69) is 20.4 Å². The number of halogens is 4. The highest BCUT2D eigenvalue weighted by molar-refractivity contribution is 14.0. The van der Waals surface area contributed by atoms with Gasteiger partial charge in [-0.1, -0.05) is 12.1 Å². The van der Waals surface area contributed by atoms with Crippen molar-refractivity contribution in [1.82, 2.24) is 15.5 Å². The summed E-state index contributed by atoms with van der Waals surface area (Å²) < 4.78 is 54.0. The maximum Gasteiger partial charge on any atom is 0.387 e. The summed E-state index contributed by atoms with van der Waals surface area (Å²) in [6.45, 7) is -2.28. The molecule has 2 aromatic carbocycles. The van der Waals surface area contributed by atoms with Gasteiger partial charge in [0, 0.05) is 31.8 Å². The van der Waals surface area contributed by atoms with Gasteiger partial charge in [0.05, 0.1) is 6.04 Å². The Morgan fingerprint density at radius 1 is 1.12 bits per heavy atom. The fourth-order valence-corrected chi connectivity index (χ4v) is 3.19. The second kappa shape index (κ2) is 12.0. The van der Waals surface area contributed by atoms with Crippen LogP contribution in [0.4, 0.5) is 13.2 Å². The van der Waals surface area contributed by atoms with E-state index in [4.69, 9.17) is 9.47 Å². The van der Waals surface area contributed by atoms with E-state index in [1.165, 1.54) is 18.2 Å². The van der Waals surface area contributed by atoms with Crippen LogP contribution < -0.4 is 24.8 Å². The summed E-state index contributed by atoms with van der Waals surface area (Å²) in [6.07, 6.45) is 0. The number of guanidine groups is 1. The fraction of sp³-hybridized carbons (Fsp3) is 0.381. The van der Waals surface area contributed by atoms with Crippen molar-refractivity contribution < 1.29 is 27.4 Å². The molecule has 11 heteroatoms. The van der Waals surface area contributed by atoms with E-state index in [1.54, 1.807) is 25.2 Å². The van der Waals surface area contributed by atoms with Crippen LogP contribution in [-0.4, -0.2) is 52.0 Å². The maximum absolute atomic E-state index is 13.2. The Morgan fingerprint density at radius 2 is 1.78 bits per heavy atom. The lowest BCUT2D eigenvalue weighted by atomic mass is 10.1. The van der Waals surface area contributed by atoms with Crippen LogP contribution >= 0.6 is 24.0 Å².